The van der Waals surface area contributed by atoms with E-state index in [9.17, 15) is 14.4 Å². The highest BCUT2D eigenvalue weighted by Crippen LogP contribution is 2.30. The van der Waals surface area contributed by atoms with Crippen LogP contribution < -0.4 is 14.8 Å². The molecule has 1 N–H and O–H groups in total. The average Bonchev–Trinajstić information content (AvgIpc) is 3.63. The minimum absolute atomic E-state index is 0.110. The smallest absolute Gasteiger partial charge is 0.339 e. The molecule has 2 aromatic rings. The van der Waals surface area contributed by atoms with Crippen LogP contribution in [0, 0.1) is 0 Å². The van der Waals surface area contributed by atoms with E-state index in [1.807, 2.05) is 13.8 Å². The van der Waals surface area contributed by atoms with Gasteiger partial charge in [0.2, 0.25) is 0 Å². The normalized spacial score (nSPS) is 12.7. The first-order valence-corrected chi connectivity index (χ1v) is 11.0. The van der Waals surface area contributed by atoms with Gasteiger partial charge in [0, 0.05) is 17.2 Å². The van der Waals surface area contributed by atoms with Crippen LogP contribution in [-0.2, 0) is 9.53 Å². The van der Waals surface area contributed by atoms with Crippen LogP contribution in [0.15, 0.2) is 42.5 Å². The fourth-order valence-corrected chi connectivity index (χ4v) is 3.03. The molecule has 1 aliphatic carbocycles. The minimum atomic E-state index is -0.717. The molecule has 0 aromatic heterocycles. The van der Waals surface area contributed by atoms with Gasteiger partial charge in [-0.15, -0.1) is 0 Å². The first-order chi connectivity index (χ1) is 15.5. The van der Waals surface area contributed by atoms with Crippen molar-refractivity contribution in [3.05, 3.63) is 59.2 Å². The standard InChI is InChI=1S/C25H29NO6/c1-3-13-30-21-12-9-17(15-22(21)31-14-4-2)24(28)19-7-5-6-8-20(19)25(29)32-16-23(27)26-18-10-11-18/h5-9,12,15,18H,3-4,10-11,13-14,16H2,1-2H3,(H,26,27). The molecule has 1 saturated carbocycles. The number of carbonyl (C=O) groups excluding carboxylic acids is 3. The zero-order valence-electron chi connectivity index (χ0n) is 18.5. The molecule has 3 rings (SSSR count). The number of nitrogens with one attached hydrogen (secondary N) is 1. The Balaban J connectivity index is 1.77. The maximum Gasteiger partial charge on any atom is 0.339 e. The third kappa shape index (κ3) is 6.33. The summed E-state index contributed by atoms with van der Waals surface area (Å²) in [5.41, 5.74) is 0.675. The first-order valence-electron chi connectivity index (χ1n) is 11.0. The van der Waals surface area contributed by atoms with Crippen molar-refractivity contribution in [1.29, 1.82) is 0 Å². The third-order valence-corrected chi connectivity index (χ3v) is 4.80. The molecule has 1 aliphatic rings. The fourth-order valence-electron chi connectivity index (χ4n) is 3.03. The van der Waals surface area contributed by atoms with Gasteiger partial charge in [0.15, 0.2) is 23.9 Å². The van der Waals surface area contributed by atoms with Crippen LogP contribution >= 0.6 is 0 Å². The molecule has 0 unspecified atom stereocenters. The number of amides is 1. The third-order valence-electron chi connectivity index (χ3n) is 4.80. The van der Waals surface area contributed by atoms with E-state index in [4.69, 9.17) is 14.2 Å². The number of esters is 1. The predicted molar refractivity (Wildman–Crippen MR) is 119 cm³/mol. The van der Waals surface area contributed by atoms with E-state index in [1.54, 1.807) is 36.4 Å². The van der Waals surface area contributed by atoms with Gasteiger partial charge >= 0.3 is 5.97 Å². The summed E-state index contributed by atoms with van der Waals surface area (Å²) in [7, 11) is 0. The molecule has 0 bridgehead atoms. The van der Waals surface area contributed by atoms with Crippen LogP contribution in [0.25, 0.3) is 0 Å². The van der Waals surface area contributed by atoms with Gasteiger partial charge in [-0.05, 0) is 49.9 Å². The second kappa shape index (κ2) is 11.3. The van der Waals surface area contributed by atoms with E-state index >= 15 is 0 Å². The number of ether oxygens (including phenoxy) is 3. The molecule has 7 nitrogen and oxygen atoms in total. The molecule has 0 saturated heterocycles. The summed E-state index contributed by atoms with van der Waals surface area (Å²) >= 11 is 0. The molecular formula is C25H29NO6. The summed E-state index contributed by atoms with van der Waals surface area (Å²) in [6.07, 6.45) is 3.56. The van der Waals surface area contributed by atoms with Gasteiger partial charge in [-0.3, -0.25) is 9.59 Å². The Kier molecular flexibility index (Phi) is 8.25. The van der Waals surface area contributed by atoms with Crippen LogP contribution in [0.1, 0.15) is 65.8 Å². The molecule has 1 amide bonds. The van der Waals surface area contributed by atoms with Crippen molar-refractivity contribution in [3.63, 3.8) is 0 Å². The maximum atomic E-state index is 13.2. The number of carbonyl (C=O) groups is 3. The lowest BCUT2D eigenvalue weighted by atomic mass is 9.98. The Hall–Kier alpha value is -3.35. The SMILES string of the molecule is CCCOc1ccc(C(=O)c2ccccc2C(=O)OCC(=O)NC2CC2)cc1OCCC. The monoisotopic (exact) mass is 439 g/mol. The number of hydrogen-bond acceptors (Lipinski definition) is 6. The number of benzene rings is 2. The second-order valence-corrected chi connectivity index (χ2v) is 7.65. The van der Waals surface area contributed by atoms with Crippen molar-refractivity contribution in [2.75, 3.05) is 19.8 Å². The summed E-state index contributed by atoms with van der Waals surface area (Å²) in [4.78, 5) is 37.6. The second-order valence-electron chi connectivity index (χ2n) is 7.65. The predicted octanol–water partition coefficient (Wildman–Crippen LogP) is 3.93. The van der Waals surface area contributed by atoms with E-state index in [-0.39, 0.29) is 35.5 Å². The maximum absolute atomic E-state index is 13.2. The van der Waals surface area contributed by atoms with Gasteiger partial charge in [0.05, 0.1) is 18.8 Å². The lowest BCUT2D eigenvalue weighted by Gasteiger charge is -2.14. The van der Waals surface area contributed by atoms with Crippen LogP contribution in [-0.4, -0.2) is 43.5 Å². The van der Waals surface area contributed by atoms with Gasteiger partial charge in [-0.2, -0.15) is 0 Å². The number of hydrogen-bond donors (Lipinski definition) is 1. The molecule has 32 heavy (non-hydrogen) atoms. The molecule has 7 heteroatoms. The summed E-state index contributed by atoms with van der Waals surface area (Å²) in [6, 6.07) is 11.6. The summed E-state index contributed by atoms with van der Waals surface area (Å²) in [6.45, 7) is 4.66. The molecule has 0 atom stereocenters. The Bertz CT molecular complexity index is 967. The lowest BCUT2D eigenvalue weighted by Crippen LogP contribution is -2.30. The Morgan fingerprint density at radius 1 is 0.906 bits per heavy atom. The van der Waals surface area contributed by atoms with E-state index in [0.29, 0.717) is 30.3 Å². The van der Waals surface area contributed by atoms with Crippen molar-refractivity contribution in [1.82, 2.24) is 5.32 Å². The van der Waals surface area contributed by atoms with Crippen LogP contribution in [0.4, 0.5) is 0 Å². The van der Waals surface area contributed by atoms with Gasteiger partial charge in [0.25, 0.3) is 5.91 Å². The molecular weight excluding hydrogens is 410 g/mol. The molecule has 0 aliphatic heterocycles. The highest BCUT2D eigenvalue weighted by Gasteiger charge is 2.25. The Morgan fingerprint density at radius 2 is 1.56 bits per heavy atom. The molecule has 0 radical (unpaired) electrons. The van der Waals surface area contributed by atoms with Crippen LogP contribution in [0.2, 0.25) is 0 Å². The summed E-state index contributed by atoms with van der Waals surface area (Å²) < 4.78 is 16.6. The average molecular weight is 440 g/mol. The zero-order valence-corrected chi connectivity index (χ0v) is 18.5. The zero-order chi connectivity index (χ0) is 22.9. The van der Waals surface area contributed by atoms with E-state index in [0.717, 1.165) is 25.7 Å². The lowest BCUT2D eigenvalue weighted by molar-refractivity contribution is -0.124. The molecule has 0 spiro atoms. The van der Waals surface area contributed by atoms with Crippen LogP contribution in [0.3, 0.4) is 0 Å². The topological polar surface area (TPSA) is 90.9 Å². The Morgan fingerprint density at radius 3 is 2.22 bits per heavy atom. The van der Waals surface area contributed by atoms with Crippen molar-refractivity contribution in [2.45, 2.75) is 45.6 Å². The highest BCUT2D eigenvalue weighted by molar-refractivity contribution is 6.14. The Labute approximate surface area is 188 Å². The van der Waals surface area contributed by atoms with Gasteiger partial charge < -0.3 is 19.5 Å². The van der Waals surface area contributed by atoms with E-state index in [1.165, 1.54) is 6.07 Å². The number of rotatable bonds is 12. The molecule has 2 aromatic carbocycles. The summed E-state index contributed by atoms with van der Waals surface area (Å²) in [5, 5.41) is 2.76. The van der Waals surface area contributed by atoms with E-state index in [2.05, 4.69) is 5.32 Å². The van der Waals surface area contributed by atoms with Crippen molar-refractivity contribution >= 4 is 17.7 Å². The first kappa shape index (κ1) is 23.3. The number of ketones is 1. The summed E-state index contributed by atoms with van der Waals surface area (Å²) in [5.74, 6) is -0.340. The van der Waals surface area contributed by atoms with Crippen molar-refractivity contribution in [2.24, 2.45) is 0 Å². The van der Waals surface area contributed by atoms with Gasteiger partial charge in [-0.1, -0.05) is 32.0 Å². The quantitative estimate of drug-likeness (QED) is 0.398. The minimum Gasteiger partial charge on any atom is -0.490 e. The van der Waals surface area contributed by atoms with E-state index < -0.39 is 5.97 Å². The largest absolute Gasteiger partial charge is 0.490 e. The molecule has 0 heterocycles. The molecule has 1 fully saturated rings. The van der Waals surface area contributed by atoms with Crippen molar-refractivity contribution in [3.8, 4) is 11.5 Å². The highest BCUT2D eigenvalue weighted by atomic mass is 16.5. The molecule has 170 valence electrons. The van der Waals surface area contributed by atoms with Gasteiger partial charge in [0.1, 0.15) is 0 Å². The van der Waals surface area contributed by atoms with Crippen LogP contribution in [0.5, 0.6) is 11.5 Å². The van der Waals surface area contributed by atoms with Gasteiger partial charge in [-0.25, -0.2) is 4.79 Å². The fraction of sp³-hybridized carbons (Fsp3) is 0.400. The van der Waals surface area contributed by atoms with Crippen molar-refractivity contribution < 1.29 is 28.6 Å².